The van der Waals surface area contributed by atoms with Gasteiger partial charge in [0.15, 0.2) is 6.54 Å². The van der Waals surface area contributed by atoms with Crippen LogP contribution in [0.3, 0.4) is 0 Å². The zero-order valence-electron chi connectivity index (χ0n) is 10.8. The first-order valence-corrected chi connectivity index (χ1v) is 5.96. The highest BCUT2D eigenvalue weighted by Gasteiger charge is 2.19. The van der Waals surface area contributed by atoms with Gasteiger partial charge >= 0.3 is 5.95 Å². The van der Waals surface area contributed by atoms with Crippen molar-refractivity contribution in [2.24, 2.45) is 5.73 Å². The van der Waals surface area contributed by atoms with Crippen LogP contribution in [0.4, 0.5) is 5.95 Å². The van der Waals surface area contributed by atoms with E-state index in [0.29, 0.717) is 12.8 Å². The summed E-state index contributed by atoms with van der Waals surface area (Å²) >= 11 is 0. The summed E-state index contributed by atoms with van der Waals surface area (Å²) in [5.74, 6) is 6.99. The van der Waals surface area contributed by atoms with Crippen LogP contribution in [0.5, 0.6) is 0 Å². The fourth-order valence-corrected chi connectivity index (χ4v) is 1.49. The van der Waals surface area contributed by atoms with E-state index in [-0.39, 0.29) is 12.2 Å². The first-order valence-electron chi connectivity index (χ1n) is 5.96. The van der Waals surface area contributed by atoms with Gasteiger partial charge in [-0.1, -0.05) is 10.9 Å². The molecule has 1 aromatic rings. The van der Waals surface area contributed by atoms with Crippen LogP contribution >= 0.6 is 0 Å². The van der Waals surface area contributed by atoms with E-state index in [9.17, 15) is 14.9 Å². The van der Waals surface area contributed by atoms with E-state index in [1.807, 2.05) is 0 Å². The Morgan fingerprint density at radius 3 is 2.80 bits per heavy atom. The molecule has 0 aliphatic carbocycles. The highest BCUT2D eigenvalue weighted by atomic mass is 16.6. The minimum Gasteiger partial charge on any atom is -0.390 e. The Morgan fingerprint density at radius 2 is 2.20 bits per heavy atom. The average Bonchev–Trinajstić information content (AvgIpc) is 2.76. The second-order valence-electron chi connectivity index (χ2n) is 3.99. The molecular formula is C13H14N4O3. The Labute approximate surface area is 116 Å². The summed E-state index contributed by atoms with van der Waals surface area (Å²) in [6.45, 7) is -0.298. The molecule has 104 valence electrons. The van der Waals surface area contributed by atoms with Gasteiger partial charge in [0.1, 0.15) is 6.20 Å². The lowest BCUT2D eigenvalue weighted by molar-refractivity contribution is -0.396. The largest absolute Gasteiger partial charge is 0.436 e. The van der Waals surface area contributed by atoms with Gasteiger partial charge in [0.25, 0.3) is 5.91 Å². The monoisotopic (exact) mass is 274 g/mol. The number of rotatable bonds is 6. The summed E-state index contributed by atoms with van der Waals surface area (Å²) in [6, 6.07) is 0. The molecule has 0 fully saturated rings. The van der Waals surface area contributed by atoms with Crippen molar-refractivity contribution in [3.8, 4) is 24.2 Å². The Bertz CT molecular complexity index is 601. The number of terminal acetylenes is 1. The Balaban J connectivity index is 2.72. The molecule has 0 spiro atoms. The topological polar surface area (TPSA) is 104 Å². The van der Waals surface area contributed by atoms with Crippen LogP contribution in [0, 0.1) is 34.3 Å². The minimum atomic E-state index is -0.681. The van der Waals surface area contributed by atoms with Crippen molar-refractivity contribution in [1.82, 2.24) is 9.55 Å². The van der Waals surface area contributed by atoms with Gasteiger partial charge in [0, 0.05) is 12.8 Å². The van der Waals surface area contributed by atoms with Crippen molar-refractivity contribution < 1.29 is 9.72 Å². The summed E-state index contributed by atoms with van der Waals surface area (Å²) in [5, 5.41) is 10.8. The summed E-state index contributed by atoms with van der Waals surface area (Å²) in [4.78, 5) is 24.6. The smallest absolute Gasteiger partial charge is 0.390 e. The molecule has 7 heteroatoms. The molecule has 2 N–H and O–H groups in total. The number of amides is 1. The molecule has 0 radical (unpaired) electrons. The lowest BCUT2D eigenvalue weighted by Crippen LogP contribution is -2.19. The maximum absolute atomic E-state index is 10.8. The van der Waals surface area contributed by atoms with Crippen molar-refractivity contribution in [2.75, 3.05) is 0 Å². The van der Waals surface area contributed by atoms with E-state index in [0.717, 1.165) is 17.4 Å². The van der Waals surface area contributed by atoms with Gasteiger partial charge in [-0.05, 0) is 23.7 Å². The molecule has 20 heavy (non-hydrogen) atoms. The fourth-order valence-electron chi connectivity index (χ4n) is 1.49. The van der Waals surface area contributed by atoms with Gasteiger partial charge in [-0.15, -0.1) is 12.3 Å². The molecule has 0 unspecified atom stereocenters. The summed E-state index contributed by atoms with van der Waals surface area (Å²) in [5.41, 5.74) is 5.25. The fraction of sp³-hybridized carbons (Fsp3) is 0.385. The molecule has 1 aromatic heterocycles. The molecule has 0 aliphatic rings. The maximum Gasteiger partial charge on any atom is 0.436 e. The number of aromatic nitrogens is 2. The van der Waals surface area contributed by atoms with Crippen molar-refractivity contribution >= 4 is 11.9 Å². The van der Waals surface area contributed by atoms with Crippen LogP contribution in [0.2, 0.25) is 0 Å². The van der Waals surface area contributed by atoms with Gasteiger partial charge < -0.3 is 15.8 Å². The number of imidazole rings is 1. The third-order valence-electron chi connectivity index (χ3n) is 2.33. The lowest BCUT2D eigenvalue weighted by atomic mass is 10.2. The minimum absolute atomic E-state index is 0.245. The number of nitrogens with two attached hydrogens (primary N) is 1. The Kier molecular flexibility index (Phi) is 5.79. The third-order valence-corrected chi connectivity index (χ3v) is 2.33. The molecule has 0 aliphatic heterocycles. The van der Waals surface area contributed by atoms with Crippen molar-refractivity contribution in [2.45, 2.75) is 32.2 Å². The molecule has 1 rings (SSSR count). The van der Waals surface area contributed by atoms with Crippen LogP contribution in [-0.4, -0.2) is 20.4 Å². The molecule has 0 saturated carbocycles. The molecular weight excluding hydrogens is 260 g/mol. The first kappa shape index (κ1) is 15.3. The van der Waals surface area contributed by atoms with E-state index in [1.54, 1.807) is 0 Å². The molecule has 0 saturated heterocycles. The number of carbonyl (C=O) groups is 1. The maximum atomic E-state index is 10.8. The van der Waals surface area contributed by atoms with Crippen molar-refractivity contribution in [1.29, 1.82) is 0 Å². The number of primary amides is 1. The highest BCUT2D eigenvalue weighted by Crippen LogP contribution is 2.10. The number of carbonyl (C=O) groups excluding carboxylic acids is 1. The Hall–Kier alpha value is -2.80. The van der Waals surface area contributed by atoms with Crippen LogP contribution < -0.4 is 5.73 Å². The second-order valence-corrected chi connectivity index (χ2v) is 3.99. The van der Waals surface area contributed by atoms with Gasteiger partial charge in [-0.2, -0.15) is 0 Å². The van der Waals surface area contributed by atoms with Crippen LogP contribution in [0.25, 0.3) is 0 Å². The number of hydrogen-bond donors (Lipinski definition) is 1. The molecule has 1 amide bonds. The number of hydrogen-bond acceptors (Lipinski definition) is 4. The van der Waals surface area contributed by atoms with Gasteiger partial charge in [0.2, 0.25) is 5.69 Å². The zero-order chi connectivity index (χ0) is 15.0. The molecule has 7 nitrogen and oxygen atoms in total. The number of unbranched alkanes of at least 4 members (excludes halogenated alkanes) is 3. The van der Waals surface area contributed by atoms with Gasteiger partial charge in [0.05, 0.1) is 0 Å². The molecule has 0 bridgehead atoms. The predicted octanol–water partition coefficient (Wildman–Crippen LogP) is 0.822. The summed E-state index contributed by atoms with van der Waals surface area (Å²) in [7, 11) is 0. The van der Waals surface area contributed by atoms with Gasteiger partial charge in [-0.3, -0.25) is 4.79 Å². The molecule has 0 aromatic carbocycles. The van der Waals surface area contributed by atoms with Crippen LogP contribution in [0.15, 0.2) is 6.20 Å². The zero-order valence-corrected chi connectivity index (χ0v) is 10.8. The number of nitrogens with zero attached hydrogens (tertiary/aromatic N) is 3. The quantitative estimate of drug-likeness (QED) is 0.359. The van der Waals surface area contributed by atoms with Gasteiger partial charge in [-0.25, -0.2) is 4.57 Å². The van der Waals surface area contributed by atoms with E-state index in [1.165, 1.54) is 6.20 Å². The first-order chi connectivity index (χ1) is 9.54. The van der Waals surface area contributed by atoms with E-state index in [2.05, 4.69) is 22.7 Å². The van der Waals surface area contributed by atoms with Crippen LogP contribution in [-0.2, 0) is 11.3 Å². The third kappa shape index (κ3) is 4.83. The van der Waals surface area contributed by atoms with E-state index < -0.39 is 16.8 Å². The Morgan fingerprint density at radius 1 is 1.50 bits per heavy atom. The van der Waals surface area contributed by atoms with Crippen LogP contribution in [0.1, 0.15) is 31.4 Å². The second kappa shape index (κ2) is 7.59. The SMILES string of the molecule is C#CCCCCC#Cc1cn(CC(N)=O)c([N+](=O)[O-])n1. The predicted molar refractivity (Wildman–Crippen MR) is 72.3 cm³/mol. The van der Waals surface area contributed by atoms with E-state index >= 15 is 0 Å². The van der Waals surface area contributed by atoms with Crippen molar-refractivity contribution in [3.05, 3.63) is 22.0 Å². The highest BCUT2D eigenvalue weighted by molar-refractivity contribution is 5.73. The van der Waals surface area contributed by atoms with E-state index in [4.69, 9.17) is 12.2 Å². The standard InChI is InChI=1S/C13H14N4O3/c1-2-3-4-5-6-7-8-11-9-16(10-12(14)18)13(15-11)17(19)20/h1,9H,3-6,10H2,(H2,14,18). The molecule has 0 atom stereocenters. The van der Waals surface area contributed by atoms with Crippen molar-refractivity contribution in [3.63, 3.8) is 0 Å². The summed E-state index contributed by atoms with van der Waals surface area (Å²) in [6.07, 6.45) is 9.56. The number of nitro groups is 1. The lowest BCUT2D eigenvalue weighted by Gasteiger charge is -1.96. The normalized spacial score (nSPS) is 9.35. The summed E-state index contributed by atoms with van der Waals surface area (Å²) < 4.78 is 1.07. The molecule has 1 heterocycles. The average molecular weight is 274 g/mol.